The van der Waals surface area contributed by atoms with E-state index >= 15 is 0 Å². The monoisotopic (exact) mass is 223 g/mol. The molecule has 2 unspecified atom stereocenters. The van der Waals surface area contributed by atoms with Crippen LogP contribution in [0.5, 0.6) is 0 Å². The summed E-state index contributed by atoms with van der Waals surface area (Å²) in [5.74, 6) is 0.325. The van der Waals surface area contributed by atoms with E-state index < -0.39 is 0 Å². The second kappa shape index (κ2) is 4.70. The van der Waals surface area contributed by atoms with Gasteiger partial charge in [0.2, 0.25) is 0 Å². The number of furan rings is 1. The average molecular weight is 223 g/mol. The van der Waals surface area contributed by atoms with Crippen LogP contribution in [0.3, 0.4) is 0 Å². The lowest BCUT2D eigenvalue weighted by Gasteiger charge is -2.24. The van der Waals surface area contributed by atoms with E-state index in [-0.39, 0.29) is 18.1 Å². The number of hydrogen-bond donors (Lipinski definition) is 1. The van der Waals surface area contributed by atoms with Crippen molar-refractivity contribution in [3.05, 3.63) is 24.2 Å². The van der Waals surface area contributed by atoms with Gasteiger partial charge in [-0.1, -0.05) is 0 Å². The maximum atomic E-state index is 12.1. The highest BCUT2D eigenvalue weighted by Crippen LogP contribution is 2.23. The first-order chi connectivity index (χ1) is 7.68. The van der Waals surface area contributed by atoms with Crippen LogP contribution in [0.2, 0.25) is 0 Å². The highest BCUT2D eigenvalue weighted by molar-refractivity contribution is 5.91. The zero-order valence-electron chi connectivity index (χ0n) is 9.43. The van der Waals surface area contributed by atoms with Gasteiger partial charge in [-0.15, -0.1) is 0 Å². The molecule has 2 heterocycles. The van der Waals surface area contributed by atoms with Gasteiger partial charge in [0.1, 0.15) is 0 Å². The van der Waals surface area contributed by atoms with Gasteiger partial charge < -0.3 is 14.4 Å². The summed E-state index contributed by atoms with van der Waals surface area (Å²) in [6, 6.07) is 3.55. The molecule has 0 bridgehead atoms. The van der Waals surface area contributed by atoms with Crippen molar-refractivity contribution in [1.29, 1.82) is 0 Å². The summed E-state index contributed by atoms with van der Waals surface area (Å²) in [6.45, 7) is 2.52. The molecule has 4 heteroatoms. The van der Waals surface area contributed by atoms with Crippen molar-refractivity contribution in [2.24, 2.45) is 0 Å². The van der Waals surface area contributed by atoms with Crippen molar-refractivity contribution in [2.45, 2.75) is 38.3 Å². The molecular formula is C12H17NO3. The number of aliphatic hydroxyl groups excluding tert-OH is 1. The molecule has 2 rings (SSSR count). The van der Waals surface area contributed by atoms with Crippen LogP contribution in [0.25, 0.3) is 0 Å². The molecule has 1 saturated heterocycles. The van der Waals surface area contributed by atoms with Gasteiger partial charge in [-0.2, -0.15) is 0 Å². The van der Waals surface area contributed by atoms with Gasteiger partial charge in [0, 0.05) is 12.6 Å². The number of rotatable bonds is 3. The van der Waals surface area contributed by atoms with Gasteiger partial charge in [0.05, 0.1) is 12.4 Å². The molecule has 4 nitrogen and oxygen atoms in total. The van der Waals surface area contributed by atoms with E-state index in [1.165, 1.54) is 6.26 Å². The van der Waals surface area contributed by atoms with Crippen LogP contribution < -0.4 is 0 Å². The van der Waals surface area contributed by atoms with Crippen LogP contribution in [0.15, 0.2) is 22.8 Å². The summed E-state index contributed by atoms with van der Waals surface area (Å²) in [4.78, 5) is 13.9. The summed E-state index contributed by atoms with van der Waals surface area (Å²) in [7, 11) is 0. The standard InChI is InChI=1S/C12H17NO3/c1-9(14)8-10-4-2-6-13(10)12(15)11-5-3-7-16-11/h3,5,7,9-10,14H,2,4,6,8H2,1H3. The minimum Gasteiger partial charge on any atom is -0.459 e. The molecule has 1 aliphatic rings. The third kappa shape index (κ3) is 2.27. The predicted molar refractivity (Wildman–Crippen MR) is 59.1 cm³/mol. The second-order valence-electron chi connectivity index (χ2n) is 4.36. The lowest BCUT2D eigenvalue weighted by Crippen LogP contribution is -2.37. The molecule has 1 aromatic heterocycles. The largest absolute Gasteiger partial charge is 0.459 e. The fraction of sp³-hybridized carbons (Fsp3) is 0.583. The molecule has 0 radical (unpaired) electrons. The maximum absolute atomic E-state index is 12.1. The summed E-state index contributed by atoms with van der Waals surface area (Å²) in [6.07, 6.45) is 3.76. The SMILES string of the molecule is CC(O)CC1CCCN1C(=O)c1ccco1. The normalized spacial score (nSPS) is 22.4. The lowest BCUT2D eigenvalue weighted by molar-refractivity contribution is 0.0651. The van der Waals surface area contributed by atoms with Crippen LogP contribution in [-0.4, -0.2) is 34.6 Å². The zero-order valence-corrected chi connectivity index (χ0v) is 9.43. The first-order valence-electron chi connectivity index (χ1n) is 5.71. The van der Waals surface area contributed by atoms with E-state index in [2.05, 4.69) is 0 Å². The topological polar surface area (TPSA) is 53.7 Å². The van der Waals surface area contributed by atoms with Crippen molar-refractivity contribution in [3.63, 3.8) is 0 Å². The van der Waals surface area contributed by atoms with Crippen LogP contribution in [0, 0.1) is 0 Å². The molecule has 1 amide bonds. The van der Waals surface area contributed by atoms with E-state index in [1.54, 1.807) is 19.1 Å². The predicted octanol–water partition coefficient (Wildman–Crippen LogP) is 1.66. The molecule has 1 fully saturated rings. The summed E-state index contributed by atoms with van der Waals surface area (Å²) >= 11 is 0. The van der Waals surface area contributed by atoms with Gasteiger partial charge in [0.15, 0.2) is 5.76 Å². The van der Waals surface area contributed by atoms with Crippen molar-refractivity contribution in [1.82, 2.24) is 4.90 Å². The Balaban J connectivity index is 2.05. The molecule has 0 spiro atoms. The summed E-state index contributed by atoms with van der Waals surface area (Å²) in [5.41, 5.74) is 0. The van der Waals surface area contributed by atoms with Gasteiger partial charge in [-0.3, -0.25) is 4.79 Å². The van der Waals surface area contributed by atoms with Gasteiger partial charge in [-0.25, -0.2) is 0 Å². The van der Waals surface area contributed by atoms with Gasteiger partial charge in [-0.05, 0) is 38.3 Å². The van der Waals surface area contributed by atoms with E-state index in [1.807, 2.05) is 4.90 Å². The van der Waals surface area contributed by atoms with Gasteiger partial charge in [0.25, 0.3) is 5.91 Å². The van der Waals surface area contributed by atoms with E-state index in [9.17, 15) is 9.90 Å². The lowest BCUT2D eigenvalue weighted by atomic mass is 10.1. The summed E-state index contributed by atoms with van der Waals surface area (Å²) < 4.78 is 5.11. The van der Waals surface area contributed by atoms with Crippen molar-refractivity contribution in [3.8, 4) is 0 Å². The number of nitrogens with zero attached hydrogens (tertiary/aromatic N) is 1. The molecule has 0 aliphatic carbocycles. The third-order valence-electron chi connectivity index (χ3n) is 2.98. The molecule has 1 N–H and O–H groups in total. The Morgan fingerprint density at radius 3 is 3.19 bits per heavy atom. The molecule has 0 saturated carbocycles. The Labute approximate surface area is 94.9 Å². The Morgan fingerprint density at radius 2 is 2.56 bits per heavy atom. The van der Waals surface area contributed by atoms with E-state index in [0.717, 1.165) is 19.4 Å². The van der Waals surface area contributed by atoms with Crippen LogP contribution in [0.4, 0.5) is 0 Å². The number of carbonyl (C=O) groups is 1. The van der Waals surface area contributed by atoms with Crippen LogP contribution >= 0.6 is 0 Å². The zero-order chi connectivity index (χ0) is 11.5. The number of hydrogen-bond acceptors (Lipinski definition) is 3. The van der Waals surface area contributed by atoms with Crippen molar-refractivity contribution >= 4 is 5.91 Å². The first-order valence-corrected chi connectivity index (χ1v) is 5.71. The molecule has 1 aromatic rings. The second-order valence-corrected chi connectivity index (χ2v) is 4.36. The smallest absolute Gasteiger partial charge is 0.289 e. The summed E-state index contributed by atoms with van der Waals surface area (Å²) in [5, 5.41) is 9.38. The molecule has 16 heavy (non-hydrogen) atoms. The Kier molecular flexibility index (Phi) is 3.29. The number of amides is 1. The van der Waals surface area contributed by atoms with E-state index in [4.69, 9.17) is 4.42 Å². The highest BCUT2D eigenvalue weighted by Gasteiger charge is 2.31. The maximum Gasteiger partial charge on any atom is 0.289 e. The Hall–Kier alpha value is -1.29. The van der Waals surface area contributed by atoms with Crippen LogP contribution in [-0.2, 0) is 0 Å². The van der Waals surface area contributed by atoms with Gasteiger partial charge >= 0.3 is 0 Å². The van der Waals surface area contributed by atoms with E-state index in [0.29, 0.717) is 12.2 Å². The number of carbonyl (C=O) groups excluding carboxylic acids is 1. The average Bonchev–Trinajstić information content (AvgIpc) is 2.84. The first kappa shape index (κ1) is 11.2. The Morgan fingerprint density at radius 1 is 1.75 bits per heavy atom. The molecule has 1 aliphatic heterocycles. The quantitative estimate of drug-likeness (QED) is 0.847. The van der Waals surface area contributed by atoms with Crippen LogP contribution in [0.1, 0.15) is 36.7 Å². The minimum atomic E-state index is -0.366. The van der Waals surface area contributed by atoms with Crippen molar-refractivity contribution in [2.75, 3.05) is 6.54 Å². The fourth-order valence-corrected chi connectivity index (χ4v) is 2.28. The van der Waals surface area contributed by atoms with Crippen molar-refractivity contribution < 1.29 is 14.3 Å². The fourth-order valence-electron chi connectivity index (χ4n) is 2.28. The minimum absolute atomic E-state index is 0.0619. The molecule has 88 valence electrons. The third-order valence-corrected chi connectivity index (χ3v) is 2.98. The highest BCUT2D eigenvalue weighted by atomic mass is 16.3. The number of aliphatic hydroxyl groups is 1. The molecule has 2 atom stereocenters. The Bertz CT molecular complexity index is 345. The molecule has 0 aromatic carbocycles. The number of likely N-dealkylation sites (tertiary alicyclic amines) is 1. The molecular weight excluding hydrogens is 206 g/mol.